The monoisotopic (exact) mass is 368 g/mol. The van der Waals surface area contributed by atoms with Gasteiger partial charge in [0.05, 0.1) is 0 Å². The molecule has 0 saturated carbocycles. The molecule has 5 heteroatoms. The molecule has 0 unspecified atom stereocenters. The predicted molar refractivity (Wildman–Crippen MR) is 105 cm³/mol. The standard InChI is InChI=1S/C20H17ClN2OS/c21-18-10-12-19(13-11-18)25-23-20(24)22-14-15-6-8-17(9-7-15)16-4-2-1-3-5-16/h1-13H,14H2,(H2,22,23,24). The quantitative estimate of drug-likeness (QED) is 0.582. The second-order valence-corrected chi connectivity index (χ2v) is 6.72. The van der Waals surface area contributed by atoms with E-state index in [0.29, 0.717) is 11.6 Å². The van der Waals surface area contributed by atoms with Crippen LogP contribution in [0.2, 0.25) is 5.02 Å². The van der Waals surface area contributed by atoms with Crippen LogP contribution < -0.4 is 10.0 Å². The lowest BCUT2D eigenvalue weighted by Crippen LogP contribution is -2.30. The number of urea groups is 1. The van der Waals surface area contributed by atoms with E-state index in [1.54, 1.807) is 12.1 Å². The van der Waals surface area contributed by atoms with Crippen molar-refractivity contribution in [3.05, 3.63) is 89.4 Å². The van der Waals surface area contributed by atoms with E-state index in [1.165, 1.54) is 17.5 Å². The van der Waals surface area contributed by atoms with E-state index in [4.69, 9.17) is 11.6 Å². The number of benzene rings is 3. The Hall–Kier alpha value is -2.43. The molecule has 0 atom stereocenters. The van der Waals surface area contributed by atoms with Gasteiger partial charge in [0.1, 0.15) is 0 Å². The first-order chi connectivity index (χ1) is 12.2. The van der Waals surface area contributed by atoms with Crippen molar-refractivity contribution in [2.45, 2.75) is 11.4 Å². The third-order valence-corrected chi connectivity index (χ3v) is 4.64. The second-order valence-electron chi connectivity index (χ2n) is 5.40. The summed E-state index contributed by atoms with van der Waals surface area (Å²) in [4.78, 5) is 12.8. The molecule has 0 spiro atoms. The van der Waals surface area contributed by atoms with E-state index in [0.717, 1.165) is 16.0 Å². The smallest absolute Gasteiger partial charge is 0.325 e. The molecule has 0 aliphatic heterocycles. The summed E-state index contributed by atoms with van der Waals surface area (Å²) in [6.07, 6.45) is 0. The molecular formula is C20H17ClN2OS. The number of halogens is 1. The molecule has 0 aromatic heterocycles. The lowest BCUT2D eigenvalue weighted by Gasteiger charge is -2.08. The molecule has 0 fully saturated rings. The minimum Gasteiger partial charge on any atom is -0.333 e. The number of hydrogen-bond acceptors (Lipinski definition) is 2. The van der Waals surface area contributed by atoms with Gasteiger partial charge in [-0.3, -0.25) is 4.72 Å². The van der Waals surface area contributed by atoms with Crippen LogP contribution in [0.5, 0.6) is 0 Å². The van der Waals surface area contributed by atoms with Crippen molar-refractivity contribution in [2.75, 3.05) is 0 Å². The van der Waals surface area contributed by atoms with Crippen molar-refractivity contribution >= 4 is 29.6 Å². The van der Waals surface area contributed by atoms with Crippen LogP contribution in [0.25, 0.3) is 11.1 Å². The largest absolute Gasteiger partial charge is 0.333 e. The summed E-state index contributed by atoms with van der Waals surface area (Å²) in [5.74, 6) is 0. The van der Waals surface area contributed by atoms with Crippen molar-refractivity contribution in [3.8, 4) is 11.1 Å². The number of carbonyl (C=O) groups is 1. The van der Waals surface area contributed by atoms with E-state index in [9.17, 15) is 4.79 Å². The molecule has 3 nitrogen and oxygen atoms in total. The molecule has 25 heavy (non-hydrogen) atoms. The summed E-state index contributed by atoms with van der Waals surface area (Å²) >= 11 is 7.08. The van der Waals surface area contributed by atoms with E-state index in [2.05, 4.69) is 34.3 Å². The molecule has 0 aliphatic carbocycles. The zero-order valence-electron chi connectivity index (χ0n) is 13.4. The first-order valence-electron chi connectivity index (χ1n) is 7.81. The fraction of sp³-hybridized carbons (Fsp3) is 0.0500. The molecule has 126 valence electrons. The van der Waals surface area contributed by atoms with Crippen molar-refractivity contribution in [1.29, 1.82) is 0 Å². The average molecular weight is 369 g/mol. The van der Waals surface area contributed by atoms with Gasteiger partial charge in [-0.25, -0.2) is 4.79 Å². The average Bonchev–Trinajstić information content (AvgIpc) is 2.67. The summed E-state index contributed by atoms with van der Waals surface area (Å²) in [5, 5.41) is 3.52. The Morgan fingerprint density at radius 3 is 2.16 bits per heavy atom. The molecule has 3 aromatic carbocycles. The fourth-order valence-corrected chi connectivity index (χ4v) is 2.95. The topological polar surface area (TPSA) is 41.1 Å². The van der Waals surface area contributed by atoms with Crippen LogP contribution in [0.1, 0.15) is 5.56 Å². The SMILES string of the molecule is O=C(NCc1ccc(-c2ccccc2)cc1)NSc1ccc(Cl)cc1. The van der Waals surface area contributed by atoms with Crippen LogP contribution in [-0.2, 0) is 6.54 Å². The van der Waals surface area contributed by atoms with Crippen LogP contribution in [0, 0.1) is 0 Å². The van der Waals surface area contributed by atoms with Crippen molar-refractivity contribution < 1.29 is 4.79 Å². The predicted octanol–water partition coefficient (Wildman–Crippen LogP) is 5.51. The molecule has 3 aromatic rings. The van der Waals surface area contributed by atoms with E-state index in [-0.39, 0.29) is 6.03 Å². The summed E-state index contributed by atoms with van der Waals surface area (Å²) in [6, 6.07) is 25.4. The lowest BCUT2D eigenvalue weighted by molar-refractivity contribution is 0.246. The Balaban J connectivity index is 1.48. The summed E-state index contributed by atoms with van der Waals surface area (Å²) in [7, 11) is 0. The number of carbonyl (C=O) groups excluding carboxylic acids is 1. The van der Waals surface area contributed by atoms with Crippen LogP contribution in [0.3, 0.4) is 0 Å². The van der Waals surface area contributed by atoms with Gasteiger partial charge in [-0.15, -0.1) is 0 Å². The molecule has 2 amide bonds. The molecule has 2 N–H and O–H groups in total. The number of amides is 2. The summed E-state index contributed by atoms with van der Waals surface area (Å²) in [6.45, 7) is 0.474. The normalized spacial score (nSPS) is 10.3. The highest BCUT2D eigenvalue weighted by molar-refractivity contribution is 7.98. The zero-order valence-corrected chi connectivity index (χ0v) is 15.0. The Bertz CT molecular complexity index is 821. The maximum Gasteiger partial charge on any atom is 0.325 e. The number of rotatable bonds is 5. The molecule has 0 saturated heterocycles. The van der Waals surface area contributed by atoms with E-state index in [1.807, 2.05) is 42.5 Å². The molecule has 0 bridgehead atoms. The minimum atomic E-state index is -0.230. The van der Waals surface area contributed by atoms with E-state index < -0.39 is 0 Å². The third kappa shape index (κ3) is 5.28. The summed E-state index contributed by atoms with van der Waals surface area (Å²) in [5.41, 5.74) is 3.39. The highest BCUT2D eigenvalue weighted by Crippen LogP contribution is 2.19. The highest BCUT2D eigenvalue weighted by Gasteiger charge is 2.03. The zero-order chi connectivity index (χ0) is 17.5. The molecule has 0 radical (unpaired) electrons. The summed E-state index contributed by atoms with van der Waals surface area (Å²) < 4.78 is 2.75. The van der Waals surface area contributed by atoms with Gasteiger partial charge in [-0.2, -0.15) is 0 Å². The van der Waals surface area contributed by atoms with Crippen molar-refractivity contribution in [2.24, 2.45) is 0 Å². The van der Waals surface area contributed by atoms with Crippen LogP contribution in [0.15, 0.2) is 83.8 Å². The first kappa shape index (κ1) is 17.4. The Morgan fingerprint density at radius 1 is 0.840 bits per heavy atom. The van der Waals surface area contributed by atoms with Crippen molar-refractivity contribution in [1.82, 2.24) is 10.0 Å². The fourth-order valence-electron chi connectivity index (χ4n) is 2.27. The van der Waals surface area contributed by atoms with Gasteiger partial charge in [-0.1, -0.05) is 66.2 Å². The van der Waals surface area contributed by atoms with Gasteiger partial charge in [0.15, 0.2) is 0 Å². The highest BCUT2D eigenvalue weighted by atomic mass is 35.5. The minimum absolute atomic E-state index is 0.230. The Morgan fingerprint density at radius 2 is 1.48 bits per heavy atom. The molecule has 3 rings (SSSR count). The second kappa shape index (κ2) is 8.60. The van der Waals surface area contributed by atoms with E-state index >= 15 is 0 Å². The Labute approximate surface area is 156 Å². The van der Waals surface area contributed by atoms with Gasteiger partial charge < -0.3 is 5.32 Å². The molecule has 0 heterocycles. The Kier molecular flexibility index (Phi) is 5.99. The van der Waals surface area contributed by atoms with Crippen LogP contribution in [0.4, 0.5) is 4.79 Å². The molecule has 0 aliphatic rings. The number of nitrogens with one attached hydrogen (secondary N) is 2. The number of hydrogen-bond donors (Lipinski definition) is 2. The third-order valence-electron chi connectivity index (χ3n) is 3.59. The van der Waals surface area contributed by atoms with Crippen LogP contribution >= 0.6 is 23.5 Å². The first-order valence-corrected chi connectivity index (χ1v) is 9.01. The maximum absolute atomic E-state index is 11.9. The van der Waals surface area contributed by atoms with Gasteiger partial charge in [0, 0.05) is 16.5 Å². The maximum atomic E-state index is 11.9. The van der Waals surface area contributed by atoms with Crippen molar-refractivity contribution in [3.63, 3.8) is 0 Å². The van der Waals surface area contributed by atoms with Gasteiger partial charge in [-0.05, 0) is 52.9 Å². The lowest BCUT2D eigenvalue weighted by atomic mass is 10.0. The van der Waals surface area contributed by atoms with Gasteiger partial charge >= 0.3 is 6.03 Å². The molecular weight excluding hydrogens is 352 g/mol. The van der Waals surface area contributed by atoms with Crippen LogP contribution in [-0.4, -0.2) is 6.03 Å². The van der Waals surface area contributed by atoms with Gasteiger partial charge in [0.25, 0.3) is 0 Å². The van der Waals surface area contributed by atoms with Gasteiger partial charge in [0.2, 0.25) is 0 Å².